The predicted molar refractivity (Wildman–Crippen MR) is 65.0 cm³/mol. The van der Waals surface area contributed by atoms with Gasteiger partial charge in [-0.15, -0.1) is 0 Å². The molecule has 0 aliphatic carbocycles. The molecule has 0 radical (unpaired) electrons. The van der Waals surface area contributed by atoms with Gasteiger partial charge in [-0.1, -0.05) is 0 Å². The molecule has 2 aromatic rings. The van der Waals surface area contributed by atoms with Crippen LogP contribution in [0.5, 0.6) is 0 Å². The van der Waals surface area contributed by atoms with E-state index < -0.39 is 37.7 Å². The molecular weight excluding hydrogens is 296 g/mol. The van der Waals surface area contributed by atoms with Gasteiger partial charge in [-0.05, 0) is 11.3 Å². The molecule has 0 spiro atoms. The molecule has 1 aromatic carbocycles. The van der Waals surface area contributed by atoms with Crippen molar-refractivity contribution in [2.24, 2.45) is 0 Å². The van der Waals surface area contributed by atoms with Crippen molar-refractivity contribution in [1.29, 1.82) is 0 Å². The fourth-order valence-electron chi connectivity index (χ4n) is 1.60. The zero-order chi connectivity index (χ0) is 15.0. The highest BCUT2D eigenvalue weighted by atomic mass is 32.1. The van der Waals surface area contributed by atoms with Crippen LogP contribution in [0.25, 0.3) is 10.3 Å². The van der Waals surface area contributed by atoms with Crippen LogP contribution in [-0.4, -0.2) is 22.9 Å². The summed E-state index contributed by atoms with van der Waals surface area (Å²) in [4.78, 5) is 41.9. The first kappa shape index (κ1) is 13.6. The Kier molecular flexibility index (Phi) is 3.19. The zero-order valence-electron chi connectivity index (χ0n) is 9.65. The zero-order valence-corrected chi connectivity index (χ0v) is 10.5. The molecule has 2 rings (SSSR count). The molecule has 0 atom stereocenters. The maximum Gasteiger partial charge on any atom is 0.396 e. The van der Waals surface area contributed by atoms with Crippen LogP contribution in [-0.2, 0) is 4.74 Å². The first-order valence-corrected chi connectivity index (χ1v) is 5.66. The molecule has 10 nitrogen and oxygen atoms in total. The number of rotatable bonds is 3. The fourth-order valence-corrected chi connectivity index (χ4v) is 2.38. The van der Waals surface area contributed by atoms with Crippen LogP contribution in [0.4, 0.5) is 11.4 Å². The van der Waals surface area contributed by atoms with Gasteiger partial charge in [-0.25, -0.2) is 9.59 Å². The van der Waals surface area contributed by atoms with E-state index in [9.17, 15) is 29.8 Å². The van der Waals surface area contributed by atoms with Gasteiger partial charge < -0.3 is 9.15 Å². The molecule has 0 saturated heterocycles. The van der Waals surface area contributed by atoms with Crippen LogP contribution in [0.1, 0.15) is 10.4 Å². The minimum atomic E-state index is -1.24. The minimum Gasteiger partial charge on any atom is -0.465 e. The number of nitro groups is 2. The molecule has 0 fully saturated rings. The van der Waals surface area contributed by atoms with Gasteiger partial charge in [0, 0.05) is 0 Å². The van der Waals surface area contributed by atoms with Crippen molar-refractivity contribution in [2.75, 3.05) is 7.11 Å². The molecular formula is C9H4N2O8S. The predicted octanol–water partition coefficient (Wildman–Crippen LogP) is 1.46. The van der Waals surface area contributed by atoms with Gasteiger partial charge in [0.25, 0.3) is 5.69 Å². The Morgan fingerprint density at radius 3 is 2.50 bits per heavy atom. The quantitative estimate of drug-likeness (QED) is 0.470. The lowest BCUT2D eigenvalue weighted by Crippen LogP contribution is -2.09. The molecule has 104 valence electrons. The number of carbonyl (C=O) groups excluding carboxylic acids is 1. The molecule has 0 aliphatic rings. The van der Waals surface area contributed by atoms with Gasteiger partial charge in [0.15, 0.2) is 10.3 Å². The van der Waals surface area contributed by atoms with Crippen molar-refractivity contribution in [1.82, 2.24) is 0 Å². The van der Waals surface area contributed by atoms with Crippen molar-refractivity contribution in [3.8, 4) is 0 Å². The van der Waals surface area contributed by atoms with Crippen LogP contribution < -0.4 is 4.94 Å². The highest BCUT2D eigenvalue weighted by Gasteiger charge is 2.36. The molecule has 20 heavy (non-hydrogen) atoms. The van der Waals surface area contributed by atoms with E-state index in [0.717, 1.165) is 13.2 Å². The lowest BCUT2D eigenvalue weighted by atomic mass is 10.1. The number of nitro benzene ring substituents is 2. The Labute approximate surface area is 112 Å². The largest absolute Gasteiger partial charge is 0.465 e. The van der Waals surface area contributed by atoms with E-state index in [2.05, 4.69) is 9.15 Å². The molecule has 0 N–H and O–H groups in total. The third-order valence-electron chi connectivity index (χ3n) is 2.35. The number of hydrogen-bond donors (Lipinski definition) is 0. The Balaban J connectivity index is 3.04. The molecule has 0 unspecified atom stereocenters. The number of esters is 1. The molecule has 0 bridgehead atoms. The second-order valence-corrected chi connectivity index (χ2v) is 4.35. The van der Waals surface area contributed by atoms with Crippen LogP contribution >= 0.6 is 11.3 Å². The average Bonchev–Trinajstić information content (AvgIpc) is 2.74. The fraction of sp³-hybridized carbons (Fsp3) is 0.111. The minimum absolute atomic E-state index is 0.258. The first-order valence-electron chi connectivity index (χ1n) is 4.84. The number of benzene rings is 1. The summed E-state index contributed by atoms with van der Waals surface area (Å²) in [5.74, 6) is -1.24. The number of methoxy groups -OCH3 is 1. The number of hydrogen-bond acceptors (Lipinski definition) is 9. The van der Waals surface area contributed by atoms with E-state index in [-0.39, 0.29) is 10.3 Å². The highest BCUT2D eigenvalue weighted by molar-refractivity contribution is 7.16. The summed E-state index contributed by atoms with van der Waals surface area (Å²) in [6, 6.07) is 0.784. The Hall–Kier alpha value is -2.82. The maximum atomic E-state index is 11.6. The Morgan fingerprint density at radius 1 is 1.35 bits per heavy atom. The van der Waals surface area contributed by atoms with Crippen LogP contribution in [0.2, 0.25) is 0 Å². The summed E-state index contributed by atoms with van der Waals surface area (Å²) in [5, 5.41) is 22.0. The molecule has 0 saturated carbocycles. The van der Waals surface area contributed by atoms with Crippen molar-refractivity contribution in [2.45, 2.75) is 0 Å². The second-order valence-electron chi connectivity index (χ2n) is 3.41. The smallest absolute Gasteiger partial charge is 0.396 e. The summed E-state index contributed by atoms with van der Waals surface area (Å²) in [6.45, 7) is 0. The molecule has 0 aliphatic heterocycles. The molecule has 1 heterocycles. The van der Waals surface area contributed by atoms with Gasteiger partial charge in [-0.2, -0.15) is 0 Å². The van der Waals surface area contributed by atoms with Crippen LogP contribution in [0, 0.1) is 20.2 Å². The second kappa shape index (κ2) is 4.70. The third-order valence-corrected chi connectivity index (χ3v) is 3.20. The summed E-state index contributed by atoms with van der Waals surface area (Å²) >= 11 is 0.375. The topological polar surface area (TPSA) is 143 Å². The van der Waals surface area contributed by atoms with Gasteiger partial charge in [0.05, 0.1) is 23.0 Å². The van der Waals surface area contributed by atoms with Gasteiger partial charge in [0.1, 0.15) is 0 Å². The third kappa shape index (κ3) is 1.99. The molecule has 0 amide bonds. The van der Waals surface area contributed by atoms with E-state index in [1.165, 1.54) is 0 Å². The SMILES string of the molecule is COC(=O)c1c([N+](=O)[O-])cc2oc(=O)sc2c1[N+](=O)[O-]. The van der Waals surface area contributed by atoms with Crippen molar-refractivity contribution in [3.63, 3.8) is 0 Å². The first-order chi connectivity index (χ1) is 9.36. The monoisotopic (exact) mass is 300 g/mol. The van der Waals surface area contributed by atoms with Crippen molar-refractivity contribution in [3.05, 3.63) is 41.6 Å². The summed E-state index contributed by atoms with van der Waals surface area (Å²) in [5.41, 5.74) is -2.90. The highest BCUT2D eigenvalue weighted by Crippen LogP contribution is 2.38. The van der Waals surface area contributed by atoms with Crippen molar-refractivity contribution < 1.29 is 23.8 Å². The summed E-state index contributed by atoms with van der Waals surface area (Å²) < 4.78 is 8.68. The summed E-state index contributed by atoms with van der Waals surface area (Å²) in [7, 11) is 0.928. The molecule has 1 aromatic heterocycles. The summed E-state index contributed by atoms with van der Waals surface area (Å²) in [6.07, 6.45) is 0. The number of ether oxygens (including phenoxy) is 1. The van der Waals surface area contributed by atoms with E-state index >= 15 is 0 Å². The number of carbonyl (C=O) groups is 1. The lowest BCUT2D eigenvalue weighted by molar-refractivity contribution is -0.393. The van der Waals surface area contributed by atoms with E-state index in [1.807, 2.05) is 0 Å². The number of fused-ring (bicyclic) bond motifs is 1. The lowest BCUT2D eigenvalue weighted by Gasteiger charge is -2.02. The standard InChI is InChI=1S/C9H4N2O8S/c1-18-8(12)5-3(10(14)15)2-4-7(6(5)11(16)17)20-9(13)19-4/h2H,1H3. The van der Waals surface area contributed by atoms with Crippen molar-refractivity contribution >= 4 is 39.0 Å². The maximum absolute atomic E-state index is 11.6. The normalized spacial score (nSPS) is 10.4. The van der Waals surface area contributed by atoms with Crippen LogP contribution in [0.3, 0.4) is 0 Å². The average molecular weight is 300 g/mol. The van der Waals surface area contributed by atoms with E-state index in [4.69, 9.17) is 0 Å². The number of nitrogens with zero attached hydrogens (tertiary/aromatic N) is 2. The Morgan fingerprint density at radius 2 is 2.00 bits per heavy atom. The van der Waals surface area contributed by atoms with E-state index in [0.29, 0.717) is 11.3 Å². The van der Waals surface area contributed by atoms with Crippen LogP contribution in [0.15, 0.2) is 15.3 Å². The van der Waals surface area contributed by atoms with Gasteiger partial charge >= 0.3 is 16.6 Å². The Bertz CT molecular complexity index is 804. The van der Waals surface area contributed by atoms with E-state index in [1.54, 1.807) is 0 Å². The molecule has 11 heteroatoms. The van der Waals surface area contributed by atoms with Gasteiger partial charge in [-0.3, -0.25) is 20.2 Å². The van der Waals surface area contributed by atoms with Gasteiger partial charge in [0.2, 0.25) is 5.56 Å².